The molecule has 7 nitrogen and oxygen atoms in total. The Morgan fingerprint density at radius 1 is 1.10 bits per heavy atom. The highest BCUT2D eigenvalue weighted by atomic mass is 32.2. The number of ether oxygens (including phenoxy) is 1. The first-order chi connectivity index (χ1) is 19.0. The standard InChI is InChI=1S/C30H29FN4O3S/c1-20-7-6-10-24(17-20)35-30-27(28(33-35)21-8-4-3-5-9-21)29(22-11-13-23(31)14-12-22)39-19-26(37)34(30)18-25(36)32-15-16-38-2/h3-14,17,29H,15-16,18-19H2,1-2H3,(H,32,36). The Morgan fingerprint density at radius 3 is 2.59 bits per heavy atom. The maximum Gasteiger partial charge on any atom is 0.240 e. The molecular formula is C30H29FN4O3S. The summed E-state index contributed by atoms with van der Waals surface area (Å²) in [6.45, 7) is 2.53. The van der Waals surface area contributed by atoms with Crippen LogP contribution >= 0.6 is 11.8 Å². The van der Waals surface area contributed by atoms with Crippen LogP contribution < -0.4 is 10.2 Å². The van der Waals surface area contributed by atoms with Crippen molar-refractivity contribution in [3.63, 3.8) is 0 Å². The SMILES string of the molecule is COCCNC(=O)CN1C(=O)CSC(c2ccc(F)cc2)c2c(-c3ccccc3)nn(-c3cccc(C)c3)c21. The fourth-order valence-corrected chi connectivity index (χ4v) is 5.86. The largest absolute Gasteiger partial charge is 0.383 e. The van der Waals surface area contributed by atoms with Crippen LogP contribution in [0.1, 0.15) is 21.9 Å². The molecule has 0 fully saturated rings. The third-order valence-corrected chi connectivity index (χ3v) is 7.74. The number of amides is 2. The van der Waals surface area contributed by atoms with E-state index < -0.39 is 0 Å². The number of thioether (sulfide) groups is 1. The number of methoxy groups -OCH3 is 1. The van der Waals surface area contributed by atoms with Crippen molar-refractivity contribution in [2.45, 2.75) is 12.2 Å². The Hall–Kier alpha value is -3.95. The van der Waals surface area contributed by atoms with Crippen molar-refractivity contribution in [1.29, 1.82) is 0 Å². The van der Waals surface area contributed by atoms with E-state index in [0.29, 0.717) is 24.7 Å². The number of carbonyl (C=O) groups is 2. The molecule has 9 heteroatoms. The van der Waals surface area contributed by atoms with Crippen LogP contribution in [-0.4, -0.2) is 54.2 Å². The van der Waals surface area contributed by atoms with Gasteiger partial charge in [0.1, 0.15) is 18.2 Å². The molecule has 1 atom stereocenters. The zero-order valence-corrected chi connectivity index (χ0v) is 22.6. The number of fused-ring (bicyclic) bond motifs is 1. The molecule has 2 amide bonds. The Balaban J connectivity index is 1.75. The average molecular weight is 545 g/mol. The molecule has 0 radical (unpaired) electrons. The third-order valence-electron chi connectivity index (χ3n) is 6.49. The van der Waals surface area contributed by atoms with Gasteiger partial charge < -0.3 is 10.1 Å². The number of halogens is 1. The number of nitrogens with one attached hydrogen (secondary N) is 1. The predicted octanol–water partition coefficient (Wildman–Crippen LogP) is 4.92. The summed E-state index contributed by atoms with van der Waals surface area (Å²) < 4.78 is 20.7. The van der Waals surface area contributed by atoms with Crippen LogP contribution in [0.25, 0.3) is 16.9 Å². The van der Waals surface area contributed by atoms with Gasteiger partial charge in [0.05, 0.1) is 29.0 Å². The highest BCUT2D eigenvalue weighted by molar-refractivity contribution is 8.00. The minimum absolute atomic E-state index is 0.143. The highest BCUT2D eigenvalue weighted by Gasteiger charge is 2.37. The fraction of sp³-hybridized carbons (Fsp3) is 0.233. The second-order valence-corrected chi connectivity index (χ2v) is 10.4. The maximum atomic E-state index is 13.9. The van der Waals surface area contributed by atoms with Gasteiger partial charge in [0.15, 0.2) is 0 Å². The molecule has 4 aromatic rings. The van der Waals surface area contributed by atoms with E-state index in [1.54, 1.807) is 23.9 Å². The molecule has 1 aromatic heterocycles. The van der Waals surface area contributed by atoms with E-state index in [4.69, 9.17) is 9.84 Å². The van der Waals surface area contributed by atoms with Gasteiger partial charge in [0.2, 0.25) is 11.8 Å². The summed E-state index contributed by atoms with van der Waals surface area (Å²) in [6.07, 6.45) is 0. The first kappa shape index (κ1) is 26.6. The minimum Gasteiger partial charge on any atom is -0.383 e. The zero-order valence-electron chi connectivity index (χ0n) is 21.8. The summed E-state index contributed by atoms with van der Waals surface area (Å²) in [5, 5.41) is 7.56. The number of aromatic nitrogens is 2. The molecule has 1 aliphatic rings. The summed E-state index contributed by atoms with van der Waals surface area (Å²) >= 11 is 1.45. The Morgan fingerprint density at radius 2 is 1.87 bits per heavy atom. The van der Waals surface area contributed by atoms with Crippen LogP contribution in [0.5, 0.6) is 0 Å². The number of nitrogens with zero attached hydrogens (tertiary/aromatic N) is 3. The molecule has 3 aromatic carbocycles. The lowest BCUT2D eigenvalue weighted by Crippen LogP contribution is -2.43. The van der Waals surface area contributed by atoms with Crippen molar-refractivity contribution < 1.29 is 18.7 Å². The van der Waals surface area contributed by atoms with Crippen molar-refractivity contribution in [2.75, 3.05) is 37.5 Å². The lowest BCUT2D eigenvalue weighted by Gasteiger charge is -2.23. The molecule has 0 saturated carbocycles. The molecule has 0 aliphatic carbocycles. The summed E-state index contributed by atoms with van der Waals surface area (Å²) in [4.78, 5) is 28.2. The van der Waals surface area contributed by atoms with E-state index in [0.717, 1.165) is 27.9 Å². The predicted molar refractivity (Wildman–Crippen MR) is 152 cm³/mol. The van der Waals surface area contributed by atoms with E-state index in [1.165, 1.54) is 28.8 Å². The third kappa shape index (κ3) is 5.74. The number of hydrogen-bond acceptors (Lipinski definition) is 5. The number of anilines is 1. The molecule has 1 unspecified atom stereocenters. The number of aryl methyl sites for hydroxylation is 1. The maximum absolute atomic E-state index is 13.9. The van der Waals surface area contributed by atoms with Gasteiger partial charge in [-0.2, -0.15) is 5.10 Å². The number of carbonyl (C=O) groups excluding carboxylic acids is 2. The lowest BCUT2D eigenvalue weighted by molar-refractivity contribution is -0.123. The molecule has 2 heterocycles. The van der Waals surface area contributed by atoms with Crippen LogP contribution in [0, 0.1) is 12.7 Å². The first-order valence-corrected chi connectivity index (χ1v) is 13.7. The molecule has 1 aliphatic heterocycles. The first-order valence-electron chi connectivity index (χ1n) is 12.6. The quantitative estimate of drug-likeness (QED) is 0.319. The average Bonchev–Trinajstić information content (AvgIpc) is 3.27. The molecule has 0 spiro atoms. The lowest BCUT2D eigenvalue weighted by atomic mass is 9.99. The van der Waals surface area contributed by atoms with Gasteiger partial charge in [0, 0.05) is 24.8 Å². The zero-order chi connectivity index (χ0) is 27.4. The van der Waals surface area contributed by atoms with Crippen LogP contribution in [0.3, 0.4) is 0 Å². The van der Waals surface area contributed by atoms with E-state index in [1.807, 2.05) is 61.5 Å². The summed E-state index contributed by atoms with van der Waals surface area (Å²) in [7, 11) is 1.56. The molecule has 0 bridgehead atoms. The van der Waals surface area contributed by atoms with Crippen molar-refractivity contribution >= 4 is 29.4 Å². The smallest absolute Gasteiger partial charge is 0.240 e. The van der Waals surface area contributed by atoms with Gasteiger partial charge in [-0.25, -0.2) is 9.07 Å². The van der Waals surface area contributed by atoms with Crippen molar-refractivity contribution in [3.8, 4) is 16.9 Å². The number of benzene rings is 3. The van der Waals surface area contributed by atoms with Gasteiger partial charge in [-0.05, 0) is 42.3 Å². The second kappa shape index (κ2) is 11.8. The van der Waals surface area contributed by atoms with Crippen molar-refractivity contribution in [2.24, 2.45) is 0 Å². The molecule has 1 N–H and O–H groups in total. The topological polar surface area (TPSA) is 76.5 Å². The van der Waals surface area contributed by atoms with Gasteiger partial charge >= 0.3 is 0 Å². The van der Waals surface area contributed by atoms with Gasteiger partial charge in [-0.1, -0.05) is 54.6 Å². The van der Waals surface area contributed by atoms with Gasteiger partial charge in [-0.15, -0.1) is 11.8 Å². The normalized spacial score (nSPS) is 15.1. The monoisotopic (exact) mass is 544 g/mol. The Labute approximate surface area is 231 Å². The van der Waals surface area contributed by atoms with Gasteiger partial charge in [-0.3, -0.25) is 14.5 Å². The summed E-state index contributed by atoms with van der Waals surface area (Å²) in [5.41, 5.74) is 5.04. The molecule has 39 heavy (non-hydrogen) atoms. The van der Waals surface area contributed by atoms with Gasteiger partial charge in [0.25, 0.3) is 0 Å². The minimum atomic E-state index is -0.332. The second-order valence-electron chi connectivity index (χ2n) is 9.27. The van der Waals surface area contributed by atoms with E-state index in [-0.39, 0.29) is 35.2 Å². The molecule has 0 saturated heterocycles. The van der Waals surface area contributed by atoms with E-state index in [9.17, 15) is 14.0 Å². The Bertz CT molecular complexity index is 1470. The molecular weight excluding hydrogens is 515 g/mol. The van der Waals surface area contributed by atoms with Crippen LogP contribution in [0.2, 0.25) is 0 Å². The summed E-state index contributed by atoms with van der Waals surface area (Å²) in [5.74, 6) is -0.159. The highest BCUT2D eigenvalue weighted by Crippen LogP contribution is 2.48. The van der Waals surface area contributed by atoms with Crippen LogP contribution in [0.4, 0.5) is 10.2 Å². The Kier molecular flexibility index (Phi) is 8.09. The van der Waals surface area contributed by atoms with Crippen LogP contribution in [0.15, 0.2) is 78.9 Å². The number of rotatable bonds is 8. The molecule has 5 rings (SSSR count). The molecule has 200 valence electrons. The van der Waals surface area contributed by atoms with E-state index in [2.05, 4.69) is 5.32 Å². The van der Waals surface area contributed by atoms with Crippen LogP contribution in [-0.2, 0) is 14.3 Å². The van der Waals surface area contributed by atoms with Crippen molar-refractivity contribution in [3.05, 3.63) is 101 Å². The summed E-state index contributed by atoms with van der Waals surface area (Å²) in [6, 6.07) is 24.0. The number of hydrogen-bond donors (Lipinski definition) is 1. The van der Waals surface area contributed by atoms with Crippen molar-refractivity contribution in [1.82, 2.24) is 15.1 Å². The van der Waals surface area contributed by atoms with E-state index >= 15 is 0 Å². The fourth-order valence-electron chi connectivity index (χ4n) is 4.66.